The normalized spacial score (nSPS) is 12.1. The van der Waals surface area contributed by atoms with E-state index in [4.69, 9.17) is 5.73 Å². The van der Waals surface area contributed by atoms with Gasteiger partial charge in [-0.05, 0) is 24.6 Å². The fourth-order valence-electron chi connectivity index (χ4n) is 1.72. The zero-order valence-electron chi connectivity index (χ0n) is 10.5. The first-order chi connectivity index (χ1) is 9.06. The van der Waals surface area contributed by atoms with Crippen LogP contribution in [0.5, 0.6) is 0 Å². The molecule has 0 aliphatic rings. The molecule has 6 heteroatoms. The molecule has 2 aromatic rings. The van der Waals surface area contributed by atoms with Crippen molar-refractivity contribution in [1.82, 2.24) is 10.3 Å². The van der Waals surface area contributed by atoms with Crippen LogP contribution in [-0.2, 0) is 11.3 Å². The number of benzene rings is 1. The lowest BCUT2D eigenvalue weighted by atomic mass is 10.00. The van der Waals surface area contributed by atoms with Crippen molar-refractivity contribution in [3.05, 3.63) is 50.6 Å². The van der Waals surface area contributed by atoms with E-state index in [9.17, 15) is 9.59 Å². The van der Waals surface area contributed by atoms with E-state index < -0.39 is 0 Å². The number of anilines is 1. The van der Waals surface area contributed by atoms with Crippen molar-refractivity contribution >= 4 is 22.9 Å². The maximum Gasteiger partial charge on any atom is 0.304 e. The van der Waals surface area contributed by atoms with Crippen LogP contribution >= 0.6 is 11.3 Å². The summed E-state index contributed by atoms with van der Waals surface area (Å²) in [5, 5.41) is 4.49. The summed E-state index contributed by atoms with van der Waals surface area (Å²) in [5.41, 5.74) is 7.92. The SMILES string of the molecule is CC(C(=O)NCc1csc(=O)[nH]1)c1cccc(N)c1. The Kier molecular flexibility index (Phi) is 4.01. The van der Waals surface area contributed by atoms with Gasteiger partial charge in [-0.3, -0.25) is 9.59 Å². The lowest BCUT2D eigenvalue weighted by Crippen LogP contribution is -2.27. The minimum absolute atomic E-state index is 0.0994. The van der Waals surface area contributed by atoms with Crippen molar-refractivity contribution in [2.75, 3.05) is 5.73 Å². The number of carbonyl (C=O) groups excluding carboxylic acids is 1. The third kappa shape index (κ3) is 3.45. The molecule has 4 N–H and O–H groups in total. The number of thiazole rings is 1. The van der Waals surface area contributed by atoms with Crippen molar-refractivity contribution < 1.29 is 4.79 Å². The minimum Gasteiger partial charge on any atom is -0.399 e. The van der Waals surface area contributed by atoms with Crippen LogP contribution in [0.3, 0.4) is 0 Å². The number of H-pyrrole nitrogens is 1. The van der Waals surface area contributed by atoms with E-state index in [1.807, 2.05) is 19.1 Å². The number of hydrogen-bond donors (Lipinski definition) is 3. The zero-order chi connectivity index (χ0) is 13.8. The molecule has 100 valence electrons. The van der Waals surface area contributed by atoms with E-state index in [1.165, 1.54) is 0 Å². The van der Waals surface area contributed by atoms with Gasteiger partial charge in [0.25, 0.3) is 0 Å². The predicted octanol–water partition coefficient (Wildman–Crippen LogP) is 1.44. The monoisotopic (exact) mass is 277 g/mol. The van der Waals surface area contributed by atoms with Gasteiger partial charge in [-0.15, -0.1) is 0 Å². The average Bonchev–Trinajstić information content (AvgIpc) is 2.81. The Morgan fingerprint density at radius 1 is 1.53 bits per heavy atom. The molecular formula is C13H15N3O2S. The molecule has 0 radical (unpaired) electrons. The number of hydrogen-bond acceptors (Lipinski definition) is 4. The number of rotatable bonds is 4. The molecule has 1 heterocycles. The molecule has 0 fully saturated rings. The van der Waals surface area contributed by atoms with Gasteiger partial charge >= 0.3 is 4.87 Å². The highest BCUT2D eigenvalue weighted by atomic mass is 32.1. The zero-order valence-corrected chi connectivity index (χ0v) is 11.3. The number of aromatic nitrogens is 1. The van der Waals surface area contributed by atoms with E-state index in [2.05, 4.69) is 10.3 Å². The molecule has 19 heavy (non-hydrogen) atoms. The van der Waals surface area contributed by atoms with Crippen molar-refractivity contribution in [2.45, 2.75) is 19.4 Å². The summed E-state index contributed by atoms with van der Waals surface area (Å²) in [4.78, 5) is 25.5. The molecule has 1 unspecified atom stereocenters. The Labute approximate surface area is 114 Å². The third-order valence-corrected chi connectivity index (χ3v) is 3.55. The third-order valence-electron chi connectivity index (χ3n) is 2.83. The van der Waals surface area contributed by atoms with Gasteiger partial charge in [0.15, 0.2) is 0 Å². The lowest BCUT2D eigenvalue weighted by Gasteiger charge is -2.12. The molecule has 1 atom stereocenters. The quantitative estimate of drug-likeness (QED) is 0.739. The summed E-state index contributed by atoms with van der Waals surface area (Å²) in [7, 11) is 0. The van der Waals surface area contributed by atoms with Crippen molar-refractivity contribution in [3.63, 3.8) is 0 Å². The molecule has 1 amide bonds. The summed E-state index contributed by atoms with van der Waals surface area (Å²) in [6, 6.07) is 7.26. The van der Waals surface area contributed by atoms with Crippen LogP contribution < -0.4 is 15.9 Å². The van der Waals surface area contributed by atoms with Gasteiger partial charge in [0.05, 0.1) is 12.5 Å². The summed E-state index contributed by atoms with van der Waals surface area (Å²) in [6.07, 6.45) is 0. The molecule has 0 bridgehead atoms. The van der Waals surface area contributed by atoms with Gasteiger partial charge in [-0.25, -0.2) is 0 Å². The number of nitrogens with one attached hydrogen (secondary N) is 2. The number of nitrogens with two attached hydrogens (primary N) is 1. The summed E-state index contributed by atoms with van der Waals surface area (Å²) in [5.74, 6) is -0.383. The Bertz CT molecular complexity index is 633. The predicted molar refractivity (Wildman–Crippen MR) is 76.1 cm³/mol. The Morgan fingerprint density at radius 2 is 2.32 bits per heavy atom. The largest absolute Gasteiger partial charge is 0.399 e. The highest BCUT2D eigenvalue weighted by molar-refractivity contribution is 7.07. The summed E-state index contributed by atoms with van der Waals surface area (Å²) in [6.45, 7) is 2.14. The van der Waals surface area contributed by atoms with Crippen LogP contribution in [0.25, 0.3) is 0 Å². The molecular weight excluding hydrogens is 262 g/mol. The van der Waals surface area contributed by atoms with Crippen LogP contribution in [0.4, 0.5) is 5.69 Å². The molecule has 5 nitrogen and oxygen atoms in total. The number of aromatic amines is 1. The Hall–Kier alpha value is -2.08. The lowest BCUT2D eigenvalue weighted by molar-refractivity contribution is -0.122. The highest BCUT2D eigenvalue weighted by Gasteiger charge is 2.15. The average molecular weight is 277 g/mol. The topological polar surface area (TPSA) is 88.0 Å². The van der Waals surface area contributed by atoms with Crippen molar-refractivity contribution in [3.8, 4) is 0 Å². The summed E-state index contributed by atoms with van der Waals surface area (Å²) < 4.78 is 0. The molecule has 0 saturated carbocycles. The molecule has 0 aliphatic carbocycles. The second-order valence-corrected chi connectivity index (χ2v) is 5.13. The molecule has 1 aromatic carbocycles. The van der Waals surface area contributed by atoms with Crippen molar-refractivity contribution in [2.24, 2.45) is 0 Å². The number of carbonyl (C=O) groups is 1. The fourth-order valence-corrected chi connectivity index (χ4v) is 2.30. The van der Waals surface area contributed by atoms with Gasteiger partial charge in [0.2, 0.25) is 5.91 Å². The number of amides is 1. The van der Waals surface area contributed by atoms with E-state index in [-0.39, 0.29) is 16.7 Å². The first-order valence-electron chi connectivity index (χ1n) is 5.86. The molecule has 0 spiro atoms. The maximum atomic E-state index is 12.0. The van der Waals surface area contributed by atoms with Gasteiger partial charge < -0.3 is 16.0 Å². The van der Waals surface area contributed by atoms with Crippen LogP contribution in [0.15, 0.2) is 34.4 Å². The van der Waals surface area contributed by atoms with Crippen LogP contribution in [0.1, 0.15) is 24.1 Å². The molecule has 2 rings (SSSR count). The summed E-state index contributed by atoms with van der Waals surface area (Å²) >= 11 is 1.08. The first kappa shape index (κ1) is 13.4. The van der Waals surface area contributed by atoms with Gasteiger partial charge in [-0.1, -0.05) is 23.5 Å². The van der Waals surface area contributed by atoms with E-state index in [0.29, 0.717) is 17.9 Å². The number of nitrogen functional groups attached to an aromatic ring is 1. The fraction of sp³-hybridized carbons (Fsp3) is 0.231. The van der Waals surface area contributed by atoms with Gasteiger partial charge in [-0.2, -0.15) is 0 Å². The van der Waals surface area contributed by atoms with Crippen LogP contribution in [0, 0.1) is 0 Å². The second-order valence-electron chi connectivity index (χ2n) is 4.28. The molecule has 1 aromatic heterocycles. The van der Waals surface area contributed by atoms with Crippen molar-refractivity contribution in [1.29, 1.82) is 0 Å². The van der Waals surface area contributed by atoms with E-state index in [1.54, 1.807) is 17.5 Å². The molecule has 0 aliphatic heterocycles. The van der Waals surface area contributed by atoms with Crippen LogP contribution in [-0.4, -0.2) is 10.9 Å². The Morgan fingerprint density at radius 3 is 2.95 bits per heavy atom. The highest BCUT2D eigenvalue weighted by Crippen LogP contribution is 2.17. The Balaban J connectivity index is 1.98. The van der Waals surface area contributed by atoms with Gasteiger partial charge in [0, 0.05) is 16.8 Å². The van der Waals surface area contributed by atoms with Gasteiger partial charge in [0.1, 0.15) is 0 Å². The first-order valence-corrected chi connectivity index (χ1v) is 6.74. The molecule has 0 saturated heterocycles. The second kappa shape index (κ2) is 5.71. The van der Waals surface area contributed by atoms with Crippen LogP contribution in [0.2, 0.25) is 0 Å². The van der Waals surface area contributed by atoms with E-state index >= 15 is 0 Å². The standard InChI is InChI=1S/C13H15N3O2S/c1-8(9-3-2-4-10(14)5-9)12(17)15-6-11-7-19-13(18)16-11/h2-5,7-8H,6,14H2,1H3,(H,15,17)(H,16,18). The minimum atomic E-state index is -0.283. The van der Waals surface area contributed by atoms with E-state index in [0.717, 1.165) is 16.9 Å². The smallest absolute Gasteiger partial charge is 0.304 e. The maximum absolute atomic E-state index is 12.0.